The van der Waals surface area contributed by atoms with E-state index < -0.39 is 9.84 Å². The SMILES string of the molecule is CC(=O)Nc1cc2c(cn1)c([C@H]1C[C@H](C#N)C1)cn2-c1cccc(S(C)(=O)=O)c1. The number of hydrogen-bond acceptors (Lipinski definition) is 5. The minimum absolute atomic E-state index is 0.0681. The summed E-state index contributed by atoms with van der Waals surface area (Å²) in [5.74, 6) is 0.539. The molecule has 1 amide bonds. The number of carbonyl (C=O) groups is 1. The van der Waals surface area contributed by atoms with Crippen LogP contribution in [0.1, 0.15) is 31.2 Å². The highest BCUT2D eigenvalue weighted by Crippen LogP contribution is 2.44. The van der Waals surface area contributed by atoms with Gasteiger partial charge in [-0.05, 0) is 42.5 Å². The topological polar surface area (TPSA) is 105 Å². The van der Waals surface area contributed by atoms with Crippen molar-refractivity contribution in [1.82, 2.24) is 9.55 Å². The highest BCUT2D eigenvalue weighted by atomic mass is 32.2. The number of nitrogens with zero attached hydrogens (tertiary/aromatic N) is 3. The van der Waals surface area contributed by atoms with E-state index in [2.05, 4.69) is 16.4 Å². The van der Waals surface area contributed by atoms with E-state index in [0.717, 1.165) is 29.3 Å². The zero-order valence-electron chi connectivity index (χ0n) is 16.1. The molecule has 1 fully saturated rings. The number of carbonyl (C=O) groups excluding carboxylic acids is 1. The fourth-order valence-electron chi connectivity index (χ4n) is 3.77. The van der Waals surface area contributed by atoms with Gasteiger partial charge in [0.2, 0.25) is 5.91 Å². The van der Waals surface area contributed by atoms with Gasteiger partial charge >= 0.3 is 0 Å². The van der Waals surface area contributed by atoms with Crippen molar-refractivity contribution < 1.29 is 13.2 Å². The second-order valence-corrected chi connectivity index (χ2v) is 9.50. The maximum absolute atomic E-state index is 12.0. The molecular weight excluding hydrogens is 388 g/mol. The number of fused-ring (bicyclic) bond motifs is 1. The molecule has 0 bridgehead atoms. The summed E-state index contributed by atoms with van der Waals surface area (Å²) in [6.45, 7) is 1.42. The molecule has 3 aromatic rings. The predicted molar refractivity (Wildman–Crippen MR) is 110 cm³/mol. The number of rotatable bonds is 4. The van der Waals surface area contributed by atoms with Gasteiger partial charge in [0.25, 0.3) is 0 Å². The fourth-order valence-corrected chi connectivity index (χ4v) is 4.43. The summed E-state index contributed by atoms with van der Waals surface area (Å²) in [5.41, 5.74) is 2.61. The molecule has 1 aliphatic carbocycles. The summed E-state index contributed by atoms with van der Waals surface area (Å²) in [6, 6.07) is 10.8. The largest absolute Gasteiger partial charge is 0.316 e. The molecule has 1 N–H and O–H groups in total. The lowest BCUT2D eigenvalue weighted by atomic mass is 9.72. The first kappa shape index (κ1) is 19.2. The lowest BCUT2D eigenvalue weighted by molar-refractivity contribution is -0.114. The van der Waals surface area contributed by atoms with Gasteiger partial charge in [0.05, 0.1) is 16.5 Å². The van der Waals surface area contributed by atoms with E-state index in [4.69, 9.17) is 5.26 Å². The fraction of sp³-hybridized carbons (Fsp3) is 0.286. The van der Waals surface area contributed by atoms with Gasteiger partial charge in [0.15, 0.2) is 9.84 Å². The van der Waals surface area contributed by atoms with Crippen molar-refractivity contribution >= 4 is 32.5 Å². The first-order valence-corrected chi connectivity index (χ1v) is 11.1. The highest BCUT2D eigenvalue weighted by Gasteiger charge is 2.32. The van der Waals surface area contributed by atoms with Crippen LogP contribution < -0.4 is 5.32 Å². The molecule has 2 aromatic heterocycles. The Kier molecular flexibility index (Phi) is 4.63. The lowest BCUT2D eigenvalue weighted by Gasteiger charge is -2.30. The average Bonchev–Trinajstić information content (AvgIpc) is 2.98. The minimum atomic E-state index is -3.34. The normalized spacial score (nSPS) is 18.8. The molecule has 0 radical (unpaired) electrons. The molecular formula is C21H20N4O3S. The standard InChI is InChI=1S/C21H20N4O3S/c1-13(26)24-21-9-20-18(11-23-21)19(15-6-14(7-15)10-22)12-25(20)16-4-3-5-17(8-16)29(2,27)28/h3-5,8-9,11-12,14-15H,6-7H2,1-2H3,(H,23,24,26)/t14-,15-. The smallest absolute Gasteiger partial charge is 0.222 e. The molecule has 0 saturated heterocycles. The van der Waals surface area contributed by atoms with Crippen LogP contribution >= 0.6 is 0 Å². The van der Waals surface area contributed by atoms with E-state index in [1.165, 1.54) is 13.2 Å². The minimum Gasteiger partial charge on any atom is -0.316 e. The molecule has 0 unspecified atom stereocenters. The number of amides is 1. The molecule has 29 heavy (non-hydrogen) atoms. The Morgan fingerprint density at radius 1 is 1.31 bits per heavy atom. The van der Waals surface area contributed by atoms with Crippen LogP contribution in [0, 0.1) is 17.2 Å². The van der Waals surface area contributed by atoms with E-state index in [9.17, 15) is 13.2 Å². The first-order chi connectivity index (χ1) is 13.8. The second-order valence-electron chi connectivity index (χ2n) is 7.49. The van der Waals surface area contributed by atoms with E-state index in [1.54, 1.807) is 30.5 Å². The van der Waals surface area contributed by atoms with Crippen LogP contribution in [-0.2, 0) is 14.6 Å². The van der Waals surface area contributed by atoms with Crippen molar-refractivity contribution in [2.24, 2.45) is 5.92 Å². The van der Waals surface area contributed by atoms with E-state index in [1.807, 2.05) is 16.8 Å². The summed E-state index contributed by atoms with van der Waals surface area (Å²) < 4.78 is 25.9. The molecule has 4 rings (SSSR count). The monoisotopic (exact) mass is 408 g/mol. The molecule has 1 aromatic carbocycles. The van der Waals surface area contributed by atoms with Crippen LogP contribution in [0.4, 0.5) is 5.82 Å². The van der Waals surface area contributed by atoms with Crippen LogP contribution in [0.25, 0.3) is 16.6 Å². The van der Waals surface area contributed by atoms with Crippen LogP contribution in [0.2, 0.25) is 0 Å². The molecule has 7 nitrogen and oxygen atoms in total. The number of nitriles is 1. The third kappa shape index (κ3) is 3.61. The Hall–Kier alpha value is -3.18. The van der Waals surface area contributed by atoms with Crippen LogP contribution in [-0.4, -0.2) is 30.1 Å². The number of sulfone groups is 1. The molecule has 2 heterocycles. The average molecular weight is 408 g/mol. The Morgan fingerprint density at radius 2 is 2.07 bits per heavy atom. The van der Waals surface area contributed by atoms with Crippen molar-refractivity contribution in [3.8, 4) is 11.8 Å². The van der Waals surface area contributed by atoms with Crippen molar-refractivity contribution in [3.05, 3.63) is 48.3 Å². The summed E-state index contributed by atoms with van der Waals surface area (Å²) in [5, 5.41) is 12.7. The zero-order valence-corrected chi connectivity index (χ0v) is 16.9. The Labute approximate surface area is 168 Å². The van der Waals surface area contributed by atoms with Gasteiger partial charge in [-0.3, -0.25) is 4.79 Å². The maximum Gasteiger partial charge on any atom is 0.222 e. The number of pyridine rings is 1. The van der Waals surface area contributed by atoms with Crippen LogP contribution in [0.15, 0.2) is 47.6 Å². The first-order valence-electron chi connectivity index (χ1n) is 9.25. The van der Waals surface area contributed by atoms with Gasteiger partial charge < -0.3 is 9.88 Å². The Balaban J connectivity index is 1.88. The highest BCUT2D eigenvalue weighted by molar-refractivity contribution is 7.90. The second kappa shape index (κ2) is 7.01. The third-order valence-corrected chi connectivity index (χ3v) is 6.42. The Bertz CT molecular complexity index is 1260. The summed E-state index contributed by atoms with van der Waals surface area (Å²) in [7, 11) is -3.34. The number of aromatic nitrogens is 2. The van der Waals surface area contributed by atoms with E-state index in [-0.39, 0.29) is 22.6 Å². The van der Waals surface area contributed by atoms with Gasteiger partial charge in [0, 0.05) is 48.6 Å². The number of hydrogen-bond donors (Lipinski definition) is 1. The van der Waals surface area contributed by atoms with Crippen LogP contribution in [0.3, 0.4) is 0 Å². The third-order valence-electron chi connectivity index (χ3n) is 5.31. The molecule has 8 heteroatoms. The molecule has 1 aliphatic rings. The van der Waals surface area contributed by atoms with Crippen molar-refractivity contribution in [2.75, 3.05) is 11.6 Å². The molecule has 1 saturated carbocycles. The van der Waals surface area contributed by atoms with Gasteiger partial charge in [-0.2, -0.15) is 5.26 Å². The van der Waals surface area contributed by atoms with E-state index >= 15 is 0 Å². The molecule has 0 spiro atoms. The molecule has 148 valence electrons. The zero-order chi connectivity index (χ0) is 20.8. The van der Waals surface area contributed by atoms with E-state index in [0.29, 0.717) is 11.5 Å². The van der Waals surface area contributed by atoms with Gasteiger partial charge in [0.1, 0.15) is 5.82 Å². The summed E-state index contributed by atoms with van der Waals surface area (Å²) >= 11 is 0. The predicted octanol–water partition coefficient (Wildman–Crippen LogP) is 3.40. The number of nitrogens with one attached hydrogen (secondary N) is 1. The Morgan fingerprint density at radius 3 is 2.72 bits per heavy atom. The lowest BCUT2D eigenvalue weighted by Crippen LogP contribution is -2.20. The van der Waals surface area contributed by atoms with Gasteiger partial charge in [-0.15, -0.1) is 0 Å². The van der Waals surface area contributed by atoms with Crippen molar-refractivity contribution in [3.63, 3.8) is 0 Å². The van der Waals surface area contributed by atoms with Crippen molar-refractivity contribution in [2.45, 2.75) is 30.6 Å². The number of anilines is 1. The van der Waals surface area contributed by atoms with Crippen LogP contribution in [0.5, 0.6) is 0 Å². The van der Waals surface area contributed by atoms with Gasteiger partial charge in [-0.25, -0.2) is 13.4 Å². The van der Waals surface area contributed by atoms with Crippen molar-refractivity contribution in [1.29, 1.82) is 5.26 Å². The van der Waals surface area contributed by atoms with Gasteiger partial charge in [-0.1, -0.05) is 6.07 Å². The summed E-state index contributed by atoms with van der Waals surface area (Å²) in [4.78, 5) is 16.0. The molecule has 0 atom stereocenters. The molecule has 0 aliphatic heterocycles. The maximum atomic E-state index is 12.0. The summed E-state index contributed by atoms with van der Waals surface area (Å²) in [6.07, 6.45) is 6.50. The number of benzene rings is 1. The quantitative estimate of drug-likeness (QED) is 0.712.